The average Bonchev–Trinajstić information content (AvgIpc) is 3.42. The van der Waals surface area contributed by atoms with E-state index in [-0.39, 0.29) is 18.5 Å². The Kier molecular flexibility index (Phi) is 7.30. The molecule has 182 valence electrons. The smallest absolute Gasteiger partial charge is 0.316 e. The minimum atomic E-state index is -0.0628. The highest BCUT2D eigenvalue weighted by molar-refractivity contribution is 5.78. The van der Waals surface area contributed by atoms with Crippen LogP contribution in [0.4, 0.5) is 11.6 Å². The standard InChI is InChI=1S/C23H32N8O3/c32-22(18-34-23-24-6-2-7-25-23)31-14-12-30(13-15-31)21-5-4-20(26-27-21)29-10-8-28(9-11-29)17-19-3-1-16-33-19/h2,4-7,19H,1,3,8-18H2. The molecule has 11 heteroatoms. The molecule has 3 fully saturated rings. The number of ether oxygens (including phenoxy) is 2. The summed E-state index contributed by atoms with van der Waals surface area (Å²) in [5, 5.41) is 8.98. The highest BCUT2D eigenvalue weighted by atomic mass is 16.5. The molecule has 3 aliphatic rings. The molecule has 0 aromatic carbocycles. The number of hydrogen-bond acceptors (Lipinski definition) is 10. The first kappa shape index (κ1) is 22.7. The van der Waals surface area contributed by atoms with Crippen LogP contribution < -0.4 is 14.5 Å². The SMILES string of the molecule is O=C(COc1ncccn1)N1CCN(c2ccc(N3CCN(CC4CCCO4)CC3)nn2)CC1. The molecule has 0 radical (unpaired) electrons. The number of aromatic nitrogens is 4. The summed E-state index contributed by atoms with van der Waals surface area (Å²) in [7, 11) is 0. The summed E-state index contributed by atoms with van der Waals surface area (Å²) >= 11 is 0. The van der Waals surface area contributed by atoms with Gasteiger partial charge in [0.25, 0.3) is 5.91 Å². The summed E-state index contributed by atoms with van der Waals surface area (Å²) in [4.78, 5) is 29.2. The van der Waals surface area contributed by atoms with Crippen LogP contribution in [0.3, 0.4) is 0 Å². The minimum absolute atomic E-state index is 0.0561. The zero-order chi connectivity index (χ0) is 23.2. The first-order chi connectivity index (χ1) is 16.7. The number of piperazine rings is 2. The van der Waals surface area contributed by atoms with Gasteiger partial charge in [0.05, 0.1) is 6.10 Å². The number of nitrogens with zero attached hydrogens (tertiary/aromatic N) is 8. The summed E-state index contributed by atoms with van der Waals surface area (Å²) in [6.45, 7) is 8.53. The molecular formula is C23H32N8O3. The van der Waals surface area contributed by atoms with Gasteiger partial charge in [-0.3, -0.25) is 9.69 Å². The predicted molar refractivity (Wildman–Crippen MR) is 126 cm³/mol. The number of carbonyl (C=O) groups excluding carboxylic acids is 1. The van der Waals surface area contributed by atoms with E-state index >= 15 is 0 Å². The zero-order valence-corrected chi connectivity index (χ0v) is 19.5. The summed E-state index contributed by atoms with van der Waals surface area (Å²) < 4.78 is 11.2. The van der Waals surface area contributed by atoms with Crippen molar-refractivity contribution in [2.75, 3.05) is 81.9 Å². The van der Waals surface area contributed by atoms with Gasteiger partial charge in [-0.15, -0.1) is 10.2 Å². The quantitative estimate of drug-likeness (QED) is 0.564. The second-order valence-corrected chi connectivity index (χ2v) is 8.86. The third-order valence-electron chi connectivity index (χ3n) is 6.64. The van der Waals surface area contributed by atoms with Crippen LogP contribution in [0.2, 0.25) is 0 Å². The molecule has 2 aromatic rings. The van der Waals surface area contributed by atoms with Crippen molar-refractivity contribution in [2.45, 2.75) is 18.9 Å². The molecule has 34 heavy (non-hydrogen) atoms. The lowest BCUT2D eigenvalue weighted by atomic mass is 10.2. The normalized spacial score (nSPS) is 21.6. The summed E-state index contributed by atoms with van der Waals surface area (Å²) in [5.74, 6) is 1.71. The average molecular weight is 469 g/mol. The van der Waals surface area contributed by atoms with E-state index in [4.69, 9.17) is 9.47 Å². The van der Waals surface area contributed by atoms with Gasteiger partial charge < -0.3 is 24.2 Å². The molecule has 1 atom stereocenters. The van der Waals surface area contributed by atoms with Crippen LogP contribution in [0.25, 0.3) is 0 Å². The van der Waals surface area contributed by atoms with Crippen molar-refractivity contribution in [3.63, 3.8) is 0 Å². The third-order valence-corrected chi connectivity index (χ3v) is 6.64. The van der Waals surface area contributed by atoms with E-state index in [0.717, 1.165) is 51.0 Å². The van der Waals surface area contributed by atoms with Crippen molar-refractivity contribution in [3.05, 3.63) is 30.6 Å². The summed E-state index contributed by atoms with van der Waals surface area (Å²) in [6, 6.07) is 6.02. The number of amides is 1. The molecule has 3 saturated heterocycles. The van der Waals surface area contributed by atoms with Crippen molar-refractivity contribution in [3.8, 4) is 6.01 Å². The maximum atomic E-state index is 12.4. The van der Waals surface area contributed by atoms with Crippen molar-refractivity contribution in [1.82, 2.24) is 30.0 Å². The molecule has 0 aliphatic carbocycles. The van der Waals surface area contributed by atoms with Crippen LogP contribution in [0.5, 0.6) is 6.01 Å². The Balaban J connectivity index is 1.05. The Morgan fingerprint density at radius 1 is 0.941 bits per heavy atom. The molecule has 1 unspecified atom stereocenters. The second kappa shape index (κ2) is 10.9. The lowest BCUT2D eigenvalue weighted by Gasteiger charge is -2.37. The van der Waals surface area contributed by atoms with Crippen molar-refractivity contribution >= 4 is 17.5 Å². The molecule has 0 bridgehead atoms. The van der Waals surface area contributed by atoms with E-state index in [1.807, 2.05) is 6.07 Å². The van der Waals surface area contributed by atoms with E-state index in [1.165, 1.54) is 12.8 Å². The lowest BCUT2D eigenvalue weighted by molar-refractivity contribution is -0.133. The summed E-state index contributed by atoms with van der Waals surface area (Å²) in [6.07, 6.45) is 5.96. The van der Waals surface area contributed by atoms with E-state index in [1.54, 1.807) is 23.4 Å². The van der Waals surface area contributed by atoms with Gasteiger partial charge in [-0.1, -0.05) is 0 Å². The topological polar surface area (TPSA) is 100 Å². The van der Waals surface area contributed by atoms with Gasteiger partial charge in [-0.25, -0.2) is 9.97 Å². The van der Waals surface area contributed by atoms with E-state index in [0.29, 0.717) is 32.3 Å². The second-order valence-electron chi connectivity index (χ2n) is 8.86. The van der Waals surface area contributed by atoms with Crippen LogP contribution in [-0.4, -0.2) is 114 Å². The molecule has 11 nitrogen and oxygen atoms in total. The Bertz CT molecular complexity index is 910. The minimum Gasteiger partial charge on any atom is -0.453 e. The predicted octanol–water partition coefficient (Wildman–Crippen LogP) is 0.295. The van der Waals surface area contributed by atoms with Gasteiger partial charge in [-0.05, 0) is 31.0 Å². The molecule has 2 aromatic heterocycles. The number of hydrogen-bond donors (Lipinski definition) is 0. The Hall–Kier alpha value is -3.05. The van der Waals surface area contributed by atoms with Crippen molar-refractivity contribution in [1.29, 1.82) is 0 Å². The maximum Gasteiger partial charge on any atom is 0.316 e. The van der Waals surface area contributed by atoms with Crippen LogP contribution in [0.1, 0.15) is 12.8 Å². The number of rotatable bonds is 7. The van der Waals surface area contributed by atoms with Gasteiger partial charge in [0, 0.05) is 77.9 Å². The number of anilines is 2. The third kappa shape index (κ3) is 5.71. The van der Waals surface area contributed by atoms with E-state index in [9.17, 15) is 4.79 Å². The van der Waals surface area contributed by atoms with Crippen molar-refractivity contribution in [2.24, 2.45) is 0 Å². The van der Waals surface area contributed by atoms with Gasteiger partial charge in [0.1, 0.15) is 0 Å². The molecule has 3 aliphatic heterocycles. The van der Waals surface area contributed by atoms with Gasteiger partial charge in [0.15, 0.2) is 18.2 Å². The fourth-order valence-corrected chi connectivity index (χ4v) is 4.65. The molecule has 5 rings (SSSR count). The Morgan fingerprint density at radius 2 is 1.59 bits per heavy atom. The first-order valence-corrected chi connectivity index (χ1v) is 12.1. The van der Waals surface area contributed by atoms with Gasteiger partial charge in [0.2, 0.25) is 0 Å². The largest absolute Gasteiger partial charge is 0.453 e. The monoisotopic (exact) mass is 468 g/mol. The molecule has 0 saturated carbocycles. The zero-order valence-electron chi connectivity index (χ0n) is 19.5. The van der Waals surface area contributed by atoms with Gasteiger partial charge >= 0.3 is 6.01 Å². The van der Waals surface area contributed by atoms with E-state index in [2.05, 4.69) is 40.9 Å². The van der Waals surface area contributed by atoms with Crippen molar-refractivity contribution < 1.29 is 14.3 Å². The highest BCUT2D eigenvalue weighted by Crippen LogP contribution is 2.19. The highest BCUT2D eigenvalue weighted by Gasteiger charge is 2.25. The van der Waals surface area contributed by atoms with Crippen LogP contribution in [0.15, 0.2) is 30.6 Å². The van der Waals surface area contributed by atoms with Gasteiger partial charge in [-0.2, -0.15) is 0 Å². The van der Waals surface area contributed by atoms with Crippen LogP contribution in [0, 0.1) is 0 Å². The molecule has 0 spiro atoms. The molecule has 0 N–H and O–H groups in total. The molecule has 5 heterocycles. The summed E-state index contributed by atoms with van der Waals surface area (Å²) in [5.41, 5.74) is 0. The maximum absolute atomic E-state index is 12.4. The first-order valence-electron chi connectivity index (χ1n) is 12.1. The lowest BCUT2D eigenvalue weighted by Crippen LogP contribution is -2.50. The fraction of sp³-hybridized carbons (Fsp3) is 0.609. The Morgan fingerprint density at radius 3 is 2.18 bits per heavy atom. The Labute approximate surface area is 199 Å². The number of carbonyl (C=O) groups is 1. The molecule has 1 amide bonds. The van der Waals surface area contributed by atoms with Crippen LogP contribution >= 0.6 is 0 Å². The fourth-order valence-electron chi connectivity index (χ4n) is 4.65. The van der Waals surface area contributed by atoms with Crippen LogP contribution in [-0.2, 0) is 9.53 Å². The van der Waals surface area contributed by atoms with E-state index < -0.39 is 0 Å². The molecular weight excluding hydrogens is 436 g/mol.